The molecule has 0 amide bonds. The summed E-state index contributed by atoms with van der Waals surface area (Å²) >= 11 is 0. The van der Waals surface area contributed by atoms with Gasteiger partial charge in [0.2, 0.25) is 5.69 Å². The van der Waals surface area contributed by atoms with Gasteiger partial charge in [0.1, 0.15) is 7.05 Å². The molecule has 1 nitrogen and oxygen atoms in total. The first-order chi connectivity index (χ1) is 8.39. The van der Waals surface area contributed by atoms with Gasteiger partial charge in [-0.15, -0.1) is 0 Å². The maximum absolute atomic E-state index is 2.25. The van der Waals surface area contributed by atoms with Crippen LogP contribution in [0, 0.1) is 6.92 Å². The molecular weight excluding hydrogens is 218 g/mol. The number of benzene rings is 1. The van der Waals surface area contributed by atoms with E-state index in [-0.39, 0.29) is 5.41 Å². The smallest absolute Gasteiger partial charge is 0.201 e. The SMILES string of the molecule is Cc1ccccc1-c1ccc(C(C)(C)C)c[n+]1C. The van der Waals surface area contributed by atoms with Gasteiger partial charge in [0.05, 0.1) is 0 Å². The summed E-state index contributed by atoms with van der Waals surface area (Å²) < 4.78 is 2.23. The third-order valence-corrected chi connectivity index (χ3v) is 3.42. The van der Waals surface area contributed by atoms with Gasteiger partial charge in [0.25, 0.3) is 0 Å². The lowest BCUT2D eigenvalue weighted by Gasteiger charge is -2.17. The van der Waals surface area contributed by atoms with Crippen LogP contribution < -0.4 is 4.57 Å². The number of aryl methyl sites for hydroxylation is 2. The van der Waals surface area contributed by atoms with Crippen LogP contribution in [-0.2, 0) is 12.5 Å². The van der Waals surface area contributed by atoms with E-state index >= 15 is 0 Å². The number of aromatic nitrogens is 1. The first-order valence-corrected chi connectivity index (χ1v) is 6.46. The number of pyridine rings is 1. The van der Waals surface area contributed by atoms with Crippen molar-refractivity contribution in [3.05, 3.63) is 53.7 Å². The molecule has 1 heteroatoms. The molecule has 0 atom stereocenters. The minimum absolute atomic E-state index is 0.196. The van der Waals surface area contributed by atoms with Crippen LogP contribution in [0.5, 0.6) is 0 Å². The highest BCUT2D eigenvalue weighted by Gasteiger charge is 2.19. The number of hydrogen-bond donors (Lipinski definition) is 0. The predicted molar refractivity (Wildman–Crippen MR) is 76.5 cm³/mol. The van der Waals surface area contributed by atoms with Crippen LogP contribution in [-0.4, -0.2) is 0 Å². The molecule has 0 aliphatic carbocycles. The van der Waals surface area contributed by atoms with Gasteiger partial charge in [-0.2, -0.15) is 0 Å². The van der Waals surface area contributed by atoms with Crippen molar-refractivity contribution >= 4 is 0 Å². The molecular formula is C17H22N+. The molecule has 18 heavy (non-hydrogen) atoms. The Hall–Kier alpha value is -1.63. The Morgan fingerprint density at radius 3 is 2.17 bits per heavy atom. The summed E-state index contributed by atoms with van der Waals surface area (Å²) in [6, 6.07) is 13.0. The van der Waals surface area contributed by atoms with E-state index in [9.17, 15) is 0 Å². The van der Waals surface area contributed by atoms with Gasteiger partial charge in [-0.05, 0) is 30.0 Å². The summed E-state index contributed by atoms with van der Waals surface area (Å²) in [5.41, 5.74) is 5.45. The summed E-state index contributed by atoms with van der Waals surface area (Å²) in [5.74, 6) is 0. The highest BCUT2D eigenvalue weighted by Crippen LogP contribution is 2.24. The van der Waals surface area contributed by atoms with Crippen LogP contribution in [0.4, 0.5) is 0 Å². The molecule has 0 bridgehead atoms. The highest BCUT2D eigenvalue weighted by atomic mass is 14.9. The molecule has 2 rings (SSSR count). The average Bonchev–Trinajstić information content (AvgIpc) is 2.29. The molecule has 0 saturated heterocycles. The summed E-state index contributed by atoms with van der Waals surface area (Å²) in [7, 11) is 2.12. The molecule has 0 radical (unpaired) electrons. The molecule has 0 N–H and O–H groups in total. The van der Waals surface area contributed by atoms with Crippen molar-refractivity contribution in [3.63, 3.8) is 0 Å². The van der Waals surface area contributed by atoms with Crippen molar-refractivity contribution in [2.75, 3.05) is 0 Å². The second-order valence-corrected chi connectivity index (χ2v) is 5.98. The Labute approximate surface area is 110 Å². The van der Waals surface area contributed by atoms with Crippen LogP contribution in [0.3, 0.4) is 0 Å². The third-order valence-electron chi connectivity index (χ3n) is 3.42. The monoisotopic (exact) mass is 240 g/mol. The lowest BCUT2D eigenvalue weighted by Crippen LogP contribution is -2.33. The first kappa shape index (κ1) is 12.8. The van der Waals surface area contributed by atoms with Gasteiger partial charge in [0, 0.05) is 17.2 Å². The van der Waals surface area contributed by atoms with E-state index in [1.165, 1.54) is 22.4 Å². The lowest BCUT2D eigenvalue weighted by molar-refractivity contribution is -0.661. The van der Waals surface area contributed by atoms with Gasteiger partial charge in [-0.1, -0.05) is 39.0 Å². The van der Waals surface area contributed by atoms with Gasteiger partial charge in [-0.3, -0.25) is 0 Å². The highest BCUT2D eigenvalue weighted by molar-refractivity contribution is 5.60. The molecule has 0 aliphatic heterocycles. The van der Waals surface area contributed by atoms with Gasteiger partial charge < -0.3 is 0 Å². The summed E-state index contributed by atoms with van der Waals surface area (Å²) in [5, 5.41) is 0. The second kappa shape index (κ2) is 4.56. The third kappa shape index (κ3) is 2.45. The lowest BCUT2D eigenvalue weighted by atomic mass is 9.88. The van der Waals surface area contributed by atoms with E-state index in [2.05, 4.69) is 81.9 Å². The summed E-state index contributed by atoms with van der Waals surface area (Å²) in [4.78, 5) is 0. The van der Waals surface area contributed by atoms with Crippen molar-refractivity contribution in [1.29, 1.82) is 0 Å². The number of hydrogen-bond acceptors (Lipinski definition) is 0. The minimum atomic E-state index is 0.196. The molecule has 0 spiro atoms. The van der Waals surface area contributed by atoms with Crippen LogP contribution >= 0.6 is 0 Å². The maximum Gasteiger partial charge on any atom is 0.212 e. The Morgan fingerprint density at radius 1 is 0.944 bits per heavy atom. The van der Waals surface area contributed by atoms with E-state index in [4.69, 9.17) is 0 Å². The molecule has 1 heterocycles. The van der Waals surface area contributed by atoms with Gasteiger partial charge >= 0.3 is 0 Å². The summed E-state index contributed by atoms with van der Waals surface area (Å²) in [6.07, 6.45) is 2.24. The molecule has 0 aliphatic rings. The largest absolute Gasteiger partial charge is 0.212 e. The van der Waals surface area contributed by atoms with Crippen molar-refractivity contribution in [3.8, 4) is 11.3 Å². The Morgan fingerprint density at radius 2 is 1.61 bits per heavy atom. The molecule has 0 saturated carbocycles. The second-order valence-electron chi connectivity index (χ2n) is 5.98. The zero-order valence-corrected chi connectivity index (χ0v) is 12.0. The van der Waals surface area contributed by atoms with E-state index < -0.39 is 0 Å². The fourth-order valence-electron chi connectivity index (χ4n) is 2.19. The topological polar surface area (TPSA) is 3.88 Å². The minimum Gasteiger partial charge on any atom is -0.201 e. The van der Waals surface area contributed by atoms with Crippen molar-refractivity contribution in [2.24, 2.45) is 7.05 Å². The zero-order chi connectivity index (χ0) is 13.3. The van der Waals surface area contributed by atoms with E-state index in [0.717, 1.165) is 0 Å². The van der Waals surface area contributed by atoms with Gasteiger partial charge in [0.15, 0.2) is 6.20 Å². The van der Waals surface area contributed by atoms with Crippen molar-refractivity contribution in [2.45, 2.75) is 33.1 Å². The molecule has 1 aromatic heterocycles. The first-order valence-electron chi connectivity index (χ1n) is 6.46. The van der Waals surface area contributed by atoms with Crippen LogP contribution in [0.25, 0.3) is 11.3 Å². The molecule has 1 aromatic carbocycles. The van der Waals surface area contributed by atoms with Crippen molar-refractivity contribution in [1.82, 2.24) is 0 Å². The Kier molecular flexibility index (Phi) is 3.25. The molecule has 2 aromatic rings. The number of nitrogens with zero attached hydrogens (tertiary/aromatic N) is 1. The fourth-order valence-corrected chi connectivity index (χ4v) is 2.19. The average molecular weight is 240 g/mol. The van der Waals surface area contributed by atoms with Crippen LogP contribution in [0.15, 0.2) is 42.6 Å². The normalized spacial score (nSPS) is 11.6. The Balaban J connectivity index is 2.52. The number of rotatable bonds is 1. The van der Waals surface area contributed by atoms with E-state index in [1.54, 1.807) is 0 Å². The van der Waals surface area contributed by atoms with E-state index in [0.29, 0.717) is 0 Å². The molecule has 0 unspecified atom stereocenters. The van der Waals surface area contributed by atoms with Gasteiger partial charge in [-0.25, -0.2) is 4.57 Å². The quantitative estimate of drug-likeness (QED) is 0.668. The standard InChI is InChI=1S/C17H22N/c1-13-8-6-7-9-15(13)16-11-10-14(12-18(16)5)17(2,3)4/h6-12H,1-5H3/q+1. The predicted octanol–water partition coefficient (Wildman–Crippen LogP) is 3.78. The molecule has 0 fully saturated rings. The summed E-state index contributed by atoms with van der Waals surface area (Å²) in [6.45, 7) is 8.90. The molecule has 94 valence electrons. The van der Waals surface area contributed by atoms with Crippen LogP contribution in [0.1, 0.15) is 31.9 Å². The zero-order valence-electron chi connectivity index (χ0n) is 12.0. The van der Waals surface area contributed by atoms with Crippen LogP contribution in [0.2, 0.25) is 0 Å². The maximum atomic E-state index is 2.25. The van der Waals surface area contributed by atoms with E-state index in [1.807, 2.05) is 0 Å². The van der Waals surface area contributed by atoms with Crippen molar-refractivity contribution < 1.29 is 4.57 Å². The fraction of sp³-hybridized carbons (Fsp3) is 0.353. The Bertz CT molecular complexity index is 562.